The summed E-state index contributed by atoms with van der Waals surface area (Å²) < 4.78 is 29.7. The number of carbonyl (C=O) groups is 2. The number of rotatable bonds is 9. The molecule has 2 amide bonds. The van der Waals surface area contributed by atoms with E-state index < -0.39 is 16.0 Å². The Kier molecular flexibility index (Phi) is 8.01. The molecular weight excluding hydrogens is 514 g/mol. The van der Waals surface area contributed by atoms with E-state index in [1.165, 1.54) is 30.5 Å². The average molecular weight is 536 g/mol. The lowest BCUT2D eigenvalue weighted by Gasteiger charge is -2.06. The van der Waals surface area contributed by atoms with Gasteiger partial charge in [0, 0.05) is 5.56 Å². The Balaban J connectivity index is 1.27. The monoisotopic (exact) mass is 535 g/mol. The highest BCUT2D eigenvalue weighted by molar-refractivity contribution is 7.87. The molecule has 0 atom stereocenters. The van der Waals surface area contributed by atoms with Gasteiger partial charge in [-0.3, -0.25) is 14.9 Å². The standard InChI is InChI=1S/C25H21N5O5S2/c1-17-7-5-6-10-21(17)24(32)27-25-30-29-23(36-25)15-22(31)28-26-16-18-11-13-19(14-12-18)35-37(33,34)20-8-3-2-4-9-20/h2-14,16H,15H2,1H3,(H,28,31)(H,27,30,32)/b26-16-. The van der Waals surface area contributed by atoms with Crippen molar-refractivity contribution in [1.82, 2.24) is 15.6 Å². The van der Waals surface area contributed by atoms with Gasteiger partial charge in [-0.2, -0.15) is 13.5 Å². The quantitative estimate of drug-likeness (QED) is 0.190. The first-order valence-corrected chi connectivity index (χ1v) is 13.1. The third-order valence-electron chi connectivity index (χ3n) is 4.91. The Morgan fingerprint density at radius 1 is 0.973 bits per heavy atom. The minimum atomic E-state index is -3.93. The maximum Gasteiger partial charge on any atom is 0.339 e. The van der Waals surface area contributed by atoms with Crippen molar-refractivity contribution in [2.45, 2.75) is 18.2 Å². The van der Waals surface area contributed by atoms with Crippen LogP contribution in [-0.2, 0) is 21.3 Å². The molecule has 0 saturated carbocycles. The van der Waals surface area contributed by atoms with Crippen molar-refractivity contribution in [2.24, 2.45) is 5.10 Å². The number of aromatic nitrogens is 2. The molecule has 1 heterocycles. The summed E-state index contributed by atoms with van der Waals surface area (Å²) in [6.07, 6.45) is 1.33. The minimum Gasteiger partial charge on any atom is -0.379 e. The molecule has 0 aliphatic carbocycles. The number of benzene rings is 3. The average Bonchev–Trinajstić information content (AvgIpc) is 3.32. The van der Waals surface area contributed by atoms with Crippen LogP contribution in [0.3, 0.4) is 0 Å². The van der Waals surface area contributed by atoms with Gasteiger partial charge in [0.05, 0.1) is 12.6 Å². The lowest BCUT2D eigenvalue weighted by molar-refractivity contribution is -0.120. The largest absolute Gasteiger partial charge is 0.379 e. The molecule has 4 rings (SSSR count). The third-order valence-corrected chi connectivity index (χ3v) is 7.01. The van der Waals surface area contributed by atoms with Gasteiger partial charge in [0.2, 0.25) is 11.0 Å². The van der Waals surface area contributed by atoms with E-state index in [0.29, 0.717) is 16.1 Å². The van der Waals surface area contributed by atoms with Gasteiger partial charge < -0.3 is 4.18 Å². The van der Waals surface area contributed by atoms with Gasteiger partial charge in [0.1, 0.15) is 15.7 Å². The maximum atomic E-state index is 12.4. The number of nitrogens with one attached hydrogen (secondary N) is 2. The molecule has 0 unspecified atom stereocenters. The minimum absolute atomic E-state index is 0.0552. The van der Waals surface area contributed by atoms with Crippen LogP contribution in [0.1, 0.15) is 26.5 Å². The van der Waals surface area contributed by atoms with E-state index in [1.807, 2.05) is 19.1 Å². The van der Waals surface area contributed by atoms with Crippen molar-refractivity contribution in [3.63, 3.8) is 0 Å². The summed E-state index contributed by atoms with van der Waals surface area (Å²) in [5.41, 5.74) is 4.37. The normalized spacial score (nSPS) is 11.3. The topological polar surface area (TPSA) is 140 Å². The second kappa shape index (κ2) is 11.5. The Morgan fingerprint density at radius 2 is 1.68 bits per heavy atom. The Bertz CT molecular complexity index is 1540. The van der Waals surface area contributed by atoms with Crippen LogP contribution >= 0.6 is 11.3 Å². The molecule has 0 bridgehead atoms. The van der Waals surface area contributed by atoms with Crippen LogP contribution in [0.4, 0.5) is 5.13 Å². The van der Waals surface area contributed by atoms with Crippen molar-refractivity contribution in [2.75, 3.05) is 5.32 Å². The van der Waals surface area contributed by atoms with Crippen molar-refractivity contribution in [1.29, 1.82) is 0 Å². The number of nitrogens with zero attached hydrogens (tertiary/aromatic N) is 3. The molecule has 12 heteroatoms. The van der Waals surface area contributed by atoms with E-state index in [-0.39, 0.29) is 28.1 Å². The van der Waals surface area contributed by atoms with Gasteiger partial charge in [0.25, 0.3) is 5.91 Å². The zero-order valence-electron chi connectivity index (χ0n) is 19.5. The third kappa shape index (κ3) is 7.06. The number of carbonyl (C=O) groups excluding carboxylic acids is 2. The van der Waals surface area contributed by atoms with Crippen LogP contribution in [0.15, 0.2) is 88.9 Å². The van der Waals surface area contributed by atoms with Crippen LogP contribution in [0.25, 0.3) is 0 Å². The highest BCUT2D eigenvalue weighted by Gasteiger charge is 2.16. The first-order chi connectivity index (χ1) is 17.8. The fourth-order valence-corrected chi connectivity index (χ4v) is 4.78. The molecule has 188 valence electrons. The predicted molar refractivity (Wildman–Crippen MR) is 139 cm³/mol. The molecule has 3 aromatic carbocycles. The van der Waals surface area contributed by atoms with Crippen LogP contribution in [0.5, 0.6) is 5.75 Å². The van der Waals surface area contributed by atoms with E-state index in [1.54, 1.807) is 42.5 Å². The van der Waals surface area contributed by atoms with E-state index in [2.05, 4.69) is 26.0 Å². The number of hydrogen-bond donors (Lipinski definition) is 2. The van der Waals surface area contributed by atoms with E-state index in [4.69, 9.17) is 4.18 Å². The molecule has 0 fully saturated rings. The fraction of sp³-hybridized carbons (Fsp3) is 0.0800. The molecule has 0 radical (unpaired) electrons. The second-order valence-corrected chi connectivity index (χ2v) is 10.3. The molecule has 0 aliphatic heterocycles. The molecule has 0 saturated heterocycles. The van der Waals surface area contributed by atoms with Crippen LogP contribution in [-0.4, -0.2) is 36.6 Å². The zero-order valence-corrected chi connectivity index (χ0v) is 21.1. The van der Waals surface area contributed by atoms with Crippen LogP contribution in [0, 0.1) is 6.92 Å². The number of hydrogen-bond acceptors (Lipinski definition) is 9. The molecule has 1 aromatic heterocycles. The summed E-state index contributed by atoms with van der Waals surface area (Å²) in [6, 6.07) is 21.2. The van der Waals surface area contributed by atoms with Crippen LogP contribution < -0.4 is 14.9 Å². The van der Waals surface area contributed by atoms with Gasteiger partial charge in [-0.15, -0.1) is 10.2 Å². The van der Waals surface area contributed by atoms with E-state index >= 15 is 0 Å². The van der Waals surface area contributed by atoms with Crippen molar-refractivity contribution < 1.29 is 22.2 Å². The van der Waals surface area contributed by atoms with Gasteiger partial charge in [0.15, 0.2) is 0 Å². The predicted octanol–water partition coefficient (Wildman–Crippen LogP) is 3.56. The van der Waals surface area contributed by atoms with Gasteiger partial charge in [-0.25, -0.2) is 5.43 Å². The number of aryl methyl sites for hydroxylation is 1. The molecule has 4 aromatic rings. The molecule has 0 spiro atoms. The second-order valence-electron chi connectivity index (χ2n) is 7.66. The number of amides is 2. The Hall–Kier alpha value is -4.42. The highest BCUT2D eigenvalue weighted by Crippen LogP contribution is 2.19. The van der Waals surface area contributed by atoms with Crippen molar-refractivity contribution in [3.05, 3.63) is 101 Å². The summed E-state index contributed by atoms with van der Waals surface area (Å²) >= 11 is 1.09. The molecule has 37 heavy (non-hydrogen) atoms. The summed E-state index contributed by atoms with van der Waals surface area (Å²) in [4.78, 5) is 24.6. The van der Waals surface area contributed by atoms with E-state index in [9.17, 15) is 18.0 Å². The van der Waals surface area contributed by atoms with Gasteiger partial charge in [-0.1, -0.05) is 47.7 Å². The van der Waals surface area contributed by atoms with Gasteiger partial charge in [-0.05, 0) is 60.5 Å². The van der Waals surface area contributed by atoms with Crippen molar-refractivity contribution in [3.8, 4) is 5.75 Å². The van der Waals surface area contributed by atoms with Crippen LogP contribution in [0.2, 0.25) is 0 Å². The first kappa shape index (κ1) is 25.7. The Morgan fingerprint density at radius 3 is 2.41 bits per heavy atom. The van der Waals surface area contributed by atoms with Crippen molar-refractivity contribution >= 4 is 44.6 Å². The maximum absolute atomic E-state index is 12.4. The highest BCUT2D eigenvalue weighted by atomic mass is 32.2. The summed E-state index contributed by atoms with van der Waals surface area (Å²) in [5, 5.41) is 15.1. The zero-order chi connectivity index (χ0) is 26.3. The first-order valence-electron chi connectivity index (χ1n) is 10.9. The molecule has 0 aliphatic rings. The van der Waals surface area contributed by atoms with Gasteiger partial charge >= 0.3 is 10.1 Å². The van der Waals surface area contributed by atoms with E-state index in [0.717, 1.165) is 16.9 Å². The fourth-order valence-electron chi connectivity index (χ4n) is 3.09. The molecular formula is C25H21N5O5S2. The summed E-state index contributed by atoms with van der Waals surface area (Å²) in [5.74, 6) is -0.575. The molecule has 10 nitrogen and oxygen atoms in total. The Labute approximate surface area is 217 Å². The number of hydrazone groups is 1. The summed E-state index contributed by atoms with van der Waals surface area (Å²) in [7, 11) is -3.93. The lowest BCUT2D eigenvalue weighted by Crippen LogP contribution is -2.19. The molecule has 2 N–H and O–H groups in total. The number of anilines is 1. The summed E-state index contributed by atoms with van der Waals surface area (Å²) in [6.45, 7) is 1.84. The SMILES string of the molecule is Cc1ccccc1C(=O)Nc1nnc(CC(=O)N/N=C\c2ccc(OS(=O)(=O)c3ccccc3)cc2)s1. The smallest absolute Gasteiger partial charge is 0.339 e. The lowest BCUT2D eigenvalue weighted by atomic mass is 10.1.